The van der Waals surface area contributed by atoms with Gasteiger partial charge < -0.3 is 4.90 Å². The molecule has 1 aliphatic rings. The van der Waals surface area contributed by atoms with Gasteiger partial charge in [-0.3, -0.25) is 4.79 Å². The van der Waals surface area contributed by atoms with Gasteiger partial charge in [-0.1, -0.05) is 13.8 Å². The molecular weight excluding hydrogens is 297 g/mol. The number of halogens is 2. The summed E-state index contributed by atoms with van der Waals surface area (Å²) in [5.41, 5.74) is 0.545. The minimum Gasteiger partial charge on any atom is -0.335 e. The van der Waals surface area contributed by atoms with Crippen molar-refractivity contribution in [1.29, 1.82) is 0 Å². The molecule has 0 N–H and O–H groups in total. The Hall–Kier alpha value is -0.900. The molecule has 0 bridgehead atoms. The van der Waals surface area contributed by atoms with Crippen LogP contribution in [-0.4, -0.2) is 23.4 Å². The average Bonchev–Trinajstić information content (AvgIpc) is 2.77. The largest absolute Gasteiger partial charge is 0.335 e. The van der Waals surface area contributed by atoms with Gasteiger partial charge in [0.15, 0.2) is 0 Å². The van der Waals surface area contributed by atoms with Crippen molar-refractivity contribution < 1.29 is 9.18 Å². The van der Waals surface area contributed by atoms with Crippen molar-refractivity contribution in [1.82, 2.24) is 4.90 Å². The van der Waals surface area contributed by atoms with Crippen LogP contribution in [0.3, 0.4) is 0 Å². The van der Waals surface area contributed by atoms with E-state index in [1.807, 2.05) is 4.90 Å². The van der Waals surface area contributed by atoms with E-state index in [1.165, 1.54) is 12.1 Å². The van der Waals surface area contributed by atoms with E-state index in [4.69, 9.17) is 0 Å². The molecule has 0 saturated carbocycles. The van der Waals surface area contributed by atoms with Crippen LogP contribution in [0.15, 0.2) is 22.7 Å². The van der Waals surface area contributed by atoms with Gasteiger partial charge in [0.25, 0.3) is 5.91 Å². The fraction of sp³-hybridized carbons (Fsp3) is 0.500. The Morgan fingerprint density at radius 2 is 2.22 bits per heavy atom. The number of hydrogen-bond donors (Lipinski definition) is 0. The first-order valence-corrected chi connectivity index (χ1v) is 7.06. The van der Waals surface area contributed by atoms with Crippen molar-refractivity contribution in [3.05, 3.63) is 34.1 Å². The predicted molar refractivity (Wildman–Crippen MR) is 73.0 cm³/mol. The number of rotatable bonds is 2. The molecule has 1 aliphatic heterocycles. The van der Waals surface area contributed by atoms with Crippen LogP contribution in [0.25, 0.3) is 0 Å². The van der Waals surface area contributed by atoms with Gasteiger partial charge in [0.05, 0.1) is 5.56 Å². The Kier molecular flexibility index (Phi) is 4.05. The zero-order chi connectivity index (χ0) is 13.3. The monoisotopic (exact) mass is 313 g/mol. The number of amides is 1. The Morgan fingerprint density at radius 3 is 2.83 bits per heavy atom. The third-order valence-corrected chi connectivity index (χ3v) is 4.15. The molecule has 0 radical (unpaired) electrons. The first-order valence-electron chi connectivity index (χ1n) is 6.26. The number of hydrogen-bond acceptors (Lipinski definition) is 1. The van der Waals surface area contributed by atoms with Gasteiger partial charge in [0, 0.05) is 17.1 Å². The van der Waals surface area contributed by atoms with Crippen LogP contribution in [0, 0.1) is 11.7 Å². The summed E-state index contributed by atoms with van der Waals surface area (Å²) >= 11 is 3.26. The van der Waals surface area contributed by atoms with Gasteiger partial charge in [0.1, 0.15) is 5.82 Å². The lowest BCUT2D eigenvalue weighted by Gasteiger charge is -2.28. The topological polar surface area (TPSA) is 20.3 Å². The predicted octanol–water partition coefficient (Wildman–Crippen LogP) is 3.85. The van der Waals surface area contributed by atoms with Crippen LogP contribution in [0.4, 0.5) is 4.39 Å². The van der Waals surface area contributed by atoms with Crippen LogP contribution in [0.2, 0.25) is 0 Å². The second kappa shape index (κ2) is 5.39. The van der Waals surface area contributed by atoms with Crippen LogP contribution in [-0.2, 0) is 0 Å². The summed E-state index contributed by atoms with van der Waals surface area (Å²) in [5.74, 6) is 0.119. The van der Waals surface area contributed by atoms with Crippen LogP contribution >= 0.6 is 15.9 Å². The van der Waals surface area contributed by atoms with E-state index in [1.54, 1.807) is 6.07 Å². The Balaban J connectivity index is 2.25. The van der Waals surface area contributed by atoms with Crippen LogP contribution in [0.5, 0.6) is 0 Å². The maximum atomic E-state index is 13.0. The van der Waals surface area contributed by atoms with E-state index in [2.05, 4.69) is 29.8 Å². The molecule has 1 aromatic carbocycles. The number of likely N-dealkylation sites (tertiary alicyclic amines) is 1. The fourth-order valence-electron chi connectivity index (χ4n) is 2.56. The lowest BCUT2D eigenvalue weighted by Crippen LogP contribution is -2.38. The minimum absolute atomic E-state index is 0.00178. The Labute approximate surface area is 115 Å². The van der Waals surface area contributed by atoms with E-state index >= 15 is 0 Å². The summed E-state index contributed by atoms with van der Waals surface area (Å²) in [4.78, 5) is 14.4. The van der Waals surface area contributed by atoms with E-state index in [0.29, 0.717) is 22.0 Å². The zero-order valence-corrected chi connectivity index (χ0v) is 12.2. The molecule has 0 aliphatic carbocycles. The number of nitrogens with zero attached hydrogens (tertiary/aromatic N) is 1. The third-order valence-electron chi connectivity index (χ3n) is 3.49. The Bertz CT molecular complexity index is 461. The van der Waals surface area contributed by atoms with Crippen molar-refractivity contribution >= 4 is 21.8 Å². The quantitative estimate of drug-likeness (QED) is 0.812. The standard InChI is InChI=1S/C14H17BrFNO/c1-9(2)13-4-3-7-17(13)14(18)11-6-5-10(16)8-12(11)15/h5-6,8-9,13H,3-4,7H2,1-2H3. The molecular formula is C14H17BrFNO. The lowest BCUT2D eigenvalue weighted by molar-refractivity contribution is 0.0700. The van der Waals surface area contributed by atoms with Crippen molar-refractivity contribution in [3.63, 3.8) is 0 Å². The third kappa shape index (κ3) is 2.58. The van der Waals surface area contributed by atoms with E-state index in [9.17, 15) is 9.18 Å². The second-order valence-electron chi connectivity index (χ2n) is 5.08. The molecule has 4 heteroatoms. The minimum atomic E-state index is -0.333. The molecule has 18 heavy (non-hydrogen) atoms. The van der Waals surface area contributed by atoms with E-state index < -0.39 is 0 Å². The summed E-state index contributed by atoms with van der Waals surface area (Å²) in [6, 6.07) is 4.53. The fourth-order valence-corrected chi connectivity index (χ4v) is 3.08. The maximum absolute atomic E-state index is 13.0. The first-order chi connectivity index (χ1) is 8.50. The summed E-state index contributed by atoms with van der Waals surface area (Å²) in [6.07, 6.45) is 2.11. The van der Waals surface area contributed by atoms with Crippen molar-refractivity contribution in [2.75, 3.05) is 6.54 Å². The van der Waals surface area contributed by atoms with Gasteiger partial charge in [-0.05, 0) is 52.9 Å². The van der Waals surface area contributed by atoms with Gasteiger partial charge in [-0.2, -0.15) is 0 Å². The molecule has 1 unspecified atom stereocenters. The molecule has 1 saturated heterocycles. The van der Waals surface area contributed by atoms with Crippen molar-refractivity contribution in [2.24, 2.45) is 5.92 Å². The van der Waals surface area contributed by atoms with Gasteiger partial charge in [0.2, 0.25) is 0 Å². The molecule has 98 valence electrons. The van der Waals surface area contributed by atoms with Crippen LogP contribution < -0.4 is 0 Å². The summed E-state index contributed by atoms with van der Waals surface area (Å²) in [5, 5.41) is 0. The van der Waals surface area contributed by atoms with Crippen molar-refractivity contribution in [3.8, 4) is 0 Å². The summed E-state index contributed by atoms with van der Waals surface area (Å²) in [6.45, 7) is 5.07. The smallest absolute Gasteiger partial charge is 0.255 e. The highest BCUT2D eigenvalue weighted by Gasteiger charge is 2.32. The van der Waals surface area contributed by atoms with Gasteiger partial charge in [-0.25, -0.2) is 4.39 Å². The zero-order valence-electron chi connectivity index (χ0n) is 10.6. The van der Waals surface area contributed by atoms with Crippen molar-refractivity contribution in [2.45, 2.75) is 32.7 Å². The SMILES string of the molecule is CC(C)C1CCCN1C(=O)c1ccc(F)cc1Br. The van der Waals surface area contributed by atoms with Gasteiger partial charge in [-0.15, -0.1) is 0 Å². The molecule has 0 spiro atoms. The molecule has 1 amide bonds. The molecule has 2 rings (SSSR count). The summed E-state index contributed by atoms with van der Waals surface area (Å²) < 4.78 is 13.6. The molecule has 1 aromatic rings. The highest BCUT2D eigenvalue weighted by molar-refractivity contribution is 9.10. The molecule has 2 nitrogen and oxygen atoms in total. The second-order valence-corrected chi connectivity index (χ2v) is 5.93. The van der Waals surface area contributed by atoms with E-state index in [0.717, 1.165) is 19.4 Å². The highest BCUT2D eigenvalue weighted by Crippen LogP contribution is 2.28. The Morgan fingerprint density at radius 1 is 1.50 bits per heavy atom. The maximum Gasteiger partial charge on any atom is 0.255 e. The normalized spacial score (nSPS) is 19.6. The molecule has 0 aromatic heterocycles. The average molecular weight is 314 g/mol. The first kappa shape index (κ1) is 13.5. The van der Waals surface area contributed by atoms with Crippen LogP contribution in [0.1, 0.15) is 37.0 Å². The molecule has 1 atom stereocenters. The number of carbonyl (C=O) groups is 1. The number of benzene rings is 1. The van der Waals surface area contributed by atoms with Gasteiger partial charge >= 0.3 is 0 Å². The molecule has 1 heterocycles. The highest BCUT2D eigenvalue weighted by atomic mass is 79.9. The summed E-state index contributed by atoms with van der Waals surface area (Å²) in [7, 11) is 0. The molecule has 1 fully saturated rings. The number of carbonyl (C=O) groups excluding carboxylic acids is 1. The lowest BCUT2D eigenvalue weighted by atomic mass is 10.0. The van der Waals surface area contributed by atoms with E-state index in [-0.39, 0.29) is 11.7 Å².